The number of amides is 1. The van der Waals surface area contributed by atoms with Gasteiger partial charge in [0.2, 0.25) is 0 Å². The number of carbonyl (C=O) groups is 1. The van der Waals surface area contributed by atoms with E-state index in [1.54, 1.807) is 0 Å². The van der Waals surface area contributed by atoms with Crippen LogP contribution in [-0.2, 0) is 4.74 Å². The zero-order valence-corrected chi connectivity index (χ0v) is 13.8. The van der Waals surface area contributed by atoms with Gasteiger partial charge in [0.15, 0.2) is 0 Å². The highest BCUT2D eigenvalue weighted by molar-refractivity contribution is 5.68. The van der Waals surface area contributed by atoms with Gasteiger partial charge in [0.05, 0.1) is 6.07 Å². The average molecular weight is 295 g/mol. The quantitative estimate of drug-likeness (QED) is 0.792. The maximum atomic E-state index is 11.8. The molecule has 0 saturated carbocycles. The molecular formula is C16H29N3O2. The van der Waals surface area contributed by atoms with Gasteiger partial charge in [-0.3, -0.25) is 0 Å². The number of carbonyl (C=O) groups excluding carboxylic acids is 1. The van der Waals surface area contributed by atoms with Crippen LogP contribution in [0.4, 0.5) is 4.79 Å². The first-order chi connectivity index (χ1) is 9.81. The molecule has 0 aliphatic carbocycles. The number of rotatable bonds is 5. The molecule has 1 saturated heterocycles. The standard InChI is InChI=1S/C16H29N3O2/c1-13(18-15(20)21-16(2,3)4)14-7-11-19(12-8-14)10-6-5-9-17/h13-14H,5-8,10-12H2,1-4H3,(H,18,20)/t13-/m0/s1. The Morgan fingerprint density at radius 3 is 2.57 bits per heavy atom. The number of alkyl carbamates (subject to hydrolysis) is 1. The minimum Gasteiger partial charge on any atom is -0.444 e. The molecule has 21 heavy (non-hydrogen) atoms. The monoisotopic (exact) mass is 295 g/mol. The van der Waals surface area contributed by atoms with Crippen molar-refractivity contribution in [3.63, 3.8) is 0 Å². The smallest absolute Gasteiger partial charge is 0.407 e. The minimum absolute atomic E-state index is 0.140. The first kappa shape index (κ1) is 17.8. The van der Waals surface area contributed by atoms with Crippen LogP contribution in [0, 0.1) is 17.2 Å². The van der Waals surface area contributed by atoms with Crippen molar-refractivity contribution >= 4 is 6.09 Å². The lowest BCUT2D eigenvalue weighted by Crippen LogP contribution is -2.45. The van der Waals surface area contributed by atoms with Crippen LogP contribution in [0.25, 0.3) is 0 Å². The van der Waals surface area contributed by atoms with Crippen molar-refractivity contribution in [2.24, 2.45) is 5.92 Å². The molecule has 1 aliphatic heterocycles. The molecule has 5 heteroatoms. The van der Waals surface area contributed by atoms with Crippen LogP contribution in [0.2, 0.25) is 0 Å². The number of nitriles is 1. The molecular weight excluding hydrogens is 266 g/mol. The summed E-state index contributed by atoms with van der Waals surface area (Å²) in [7, 11) is 0. The second-order valence-corrected chi connectivity index (χ2v) is 6.88. The normalized spacial score (nSPS) is 18.8. The van der Waals surface area contributed by atoms with Gasteiger partial charge in [0.1, 0.15) is 5.60 Å². The second kappa shape index (κ2) is 8.23. The Labute approximate surface area is 128 Å². The molecule has 0 aromatic heterocycles. The zero-order valence-electron chi connectivity index (χ0n) is 13.8. The van der Waals surface area contributed by atoms with E-state index in [0.29, 0.717) is 12.3 Å². The summed E-state index contributed by atoms with van der Waals surface area (Å²) in [5, 5.41) is 11.5. The molecule has 1 amide bonds. The van der Waals surface area contributed by atoms with Gasteiger partial charge >= 0.3 is 6.09 Å². The van der Waals surface area contributed by atoms with E-state index in [0.717, 1.165) is 38.9 Å². The van der Waals surface area contributed by atoms with Crippen molar-refractivity contribution in [1.82, 2.24) is 10.2 Å². The number of nitrogens with zero attached hydrogens (tertiary/aromatic N) is 2. The van der Waals surface area contributed by atoms with Gasteiger partial charge in [-0.2, -0.15) is 5.26 Å². The van der Waals surface area contributed by atoms with Crippen LogP contribution in [0.15, 0.2) is 0 Å². The highest BCUT2D eigenvalue weighted by Gasteiger charge is 2.26. The summed E-state index contributed by atoms with van der Waals surface area (Å²) in [6, 6.07) is 2.33. The Bertz CT molecular complexity index is 363. The molecule has 1 aliphatic rings. The lowest BCUT2D eigenvalue weighted by Gasteiger charge is -2.35. The van der Waals surface area contributed by atoms with Crippen LogP contribution in [0.5, 0.6) is 0 Å². The Kier molecular flexibility index (Phi) is 6.97. The molecule has 1 fully saturated rings. The summed E-state index contributed by atoms with van der Waals surface area (Å²) in [5.74, 6) is 0.504. The maximum absolute atomic E-state index is 11.8. The van der Waals surface area contributed by atoms with Crippen molar-refractivity contribution in [2.75, 3.05) is 19.6 Å². The van der Waals surface area contributed by atoms with Gasteiger partial charge < -0.3 is 15.0 Å². The Balaban J connectivity index is 2.27. The third-order valence-electron chi connectivity index (χ3n) is 3.85. The molecule has 5 nitrogen and oxygen atoms in total. The number of piperidine rings is 1. The van der Waals surface area contributed by atoms with Crippen LogP contribution >= 0.6 is 0 Å². The van der Waals surface area contributed by atoms with E-state index in [1.807, 2.05) is 20.8 Å². The van der Waals surface area contributed by atoms with Crippen molar-refractivity contribution in [1.29, 1.82) is 5.26 Å². The molecule has 1 rings (SSSR count). The van der Waals surface area contributed by atoms with Gasteiger partial charge in [-0.05, 0) is 72.5 Å². The fraction of sp³-hybridized carbons (Fsp3) is 0.875. The van der Waals surface area contributed by atoms with Crippen LogP contribution in [0.1, 0.15) is 53.4 Å². The van der Waals surface area contributed by atoms with E-state index in [4.69, 9.17) is 10.00 Å². The van der Waals surface area contributed by atoms with Gasteiger partial charge in [0.25, 0.3) is 0 Å². The van der Waals surface area contributed by atoms with Gasteiger partial charge in [0, 0.05) is 12.5 Å². The predicted molar refractivity (Wildman–Crippen MR) is 82.8 cm³/mol. The van der Waals surface area contributed by atoms with Crippen LogP contribution < -0.4 is 5.32 Å². The molecule has 0 radical (unpaired) electrons. The van der Waals surface area contributed by atoms with Gasteiger partial charge in [-0.1, -0.05) is 0 Å². The molecule has 0 aromatic rings. The maximum Gasteiger partial charge on any atom is 0.407 e. The molecule has 0 bridgehead atoms. The lowest BCUT2D eigenvalue weighted by atomic mass is 9.90. The van der Waals surface area contributed by atoms with Crippen molar-refractivity contribution < 1.29 is 9.53 Å². The number of likely N-dealkylation sites (tertiary alicyclic amines) is 1. The summed E-state index contributed by atoms with van der Waals surface area (Å²) in [5.41, 5.74) is -0.450. The highest BCUT2D eigenvalue weighted by atomic mass is 16.6. The summed E-state index contributed by atoms with van der Waals surface area (Å²) < 4.78 is 5.29. The SMILES string of the molecule is C[C@H](NC(=O)OC(C)(C)C)C1CCN(CCCC#N)CC1. The Morgan fingerprint density at radius 1 is 1.43 bits per heavy atom. The average Bonchev–Trinajstić information content (AvgIpc) is 2.37. The molecule has 120 valence electrons. The third kappa shape index (κ3) is 7.33. The van der Waals surface area contributed by atoms with E-state index in [-0.39, 0.29) is 12.1 Å². The first-order valence-electron chi connectivity index (χ1n) is 7.90. The van der Waals surface area contributed by atoms with Crippen molar-refractivity contribution in [2.45, 2.75) is 65.0 Å². The molecule has 1 N–H and O–H groups in total. The number of unbranched alkanes of at least 4 members (excludes halogenated alkanes) is 1. The number of hydrogen-bond acceptors (Lipinski definition) is 4. The molecule has 0 spiro atoms. The van der Waals surface area contributed by atoms with E-state index >= 15 is 0 Å². The van der Waals surface area contributed by atoms with Gasteiger partial charge in [-0.15, -0.1) is 0 Å². The zero-order chi connectivity index (χ0) is 15.9. The van der Waals surface area contributed by atoms with E-state index < -0.39 is 5.60 Å². The van der Waals surface area contributed by atoms with E-state index in [1.165, 1.54) is 0 Å². The van der Waals surface area contributed by atoms with Crippen molar-refractivity contribution in [3.05, 3.63) is 0 Å². The number of nitrogens with one attached hydrogen (secondary N) is 1. The summed E-state index contributed by atoms with van der Waals surface area (Å²) in [4.78, 5) is 14.2. The van der Waals surface area contributed by atoms with E-state index in [2.05, 4.69) is 23.2 Å². The van der Waals surface area contributed by atoms with Crippen molar-refractivity contribution in [3.8, 4) is 6.07 Å². The fourth-order valence-electron chi connectivity index (χ4n) is 2.67. The summed E-state index contributed by atoms with van der Waals surface area (Å²) >= 11 is 0. The predicted octanol–water partition coefficient (Wildman–Crippen LogP) is 2.92. The van der Waals surface area contributed by atoms with Crippen LogP contribution in [0.3, 0.4) is 0 Å². The topological polar surface area (TPSA) is 65.4 Å². The minimum atomic E-state index is -0.450. The van der Waals surface area contributed by atoms with Gasteiger partial charge in [-0.25, -0.2) is 4.79 Å². The molecule has 1 atom stereocenters. The fourth-order valence-corrected chi connectivity index (χ4v) is 2.67. The Hall–Kier alpha value is -1.28. The molecule has 0 unspecified atom stereocenters. The highest BCUT2D eigenvalue weighted by Crippen LogP contribution is 2.21. The molecule has 1 heterocycles. The third-order valence-corrected chi connectivity index (χ3v) is 3.85. The second-order valence-electron chi connectivity index (χ2n) is 6.88. The van der Waals surface area contributed by atoms with Crippen LogP contribution in [-0.4, -0.2) is 42.3 Å². The Morgan fingerprint density at radius 2 is 2.05 bits per heavy atom. The number of ether oxygens (including phenoxy) is 1. The van der Waals surface area contributed by atoms with E-state index in [9.17, 15) is 4.79 Å². The summed E-state index contributed by atoms with van der Waals surface area (Å²) in [6.45, 7) is 10.8. The summed E-state index contributed by atoms with van der Waals surface area (Å²) in [6.07, 6.45) is 3.43. The lowest BCUT2D eigenvalue weighted by molar-refractivity contribution is 0.0473. The molecule has 0 aromatic carbocycles. The number of hydrogen-bond donors (Lipinski definition) is 1. The largest absolute Gasteiger partial charge is 0.444 e. The first-order valence-corrected chi connectivity index (χ1v) is 7.90.